The summed E-state index contributed by atoms with van der Waals surface area (Å²) in [5.74, 6) is -1.58. The van der Waals surface area contributed by atoms with Gasteiger partial charge in [-0.2, -0.15) is 13.2 Å². The number of amides is 1. The van der Waals surface area contributed by atoms with Crippen LogP contribution in [0.1, 0.15) is 60.5 Å². The lowest BCUT2D eigenvalue weighted by atomic mass is 9.96. The van der Waals surface area contributed by atoms with Crippen LogP contribution in [0.4, 0.5) is 24.1 Å². The number of aliphatic carboxylic acids is 1. The molecule has 5 rings (SSSR count). The summed E-state index contributed by atoms with van der Waals surface area (Å²) < 4.78 is 46.6. The molecule has 2 aliphatic heterocycles. The van der Waals surface area contributed by atoms with Gasteiger partial charge in [0, 0.05) is 36.1 Å². The van der Waals surface area contributed by atoms with Gasteiger partial charge < -0.3 is 19.8 Å². The van der Waals surface area contributed by atoms with Crippen LogP contribution in [0.2, 0.25) is 0 Å². The number of carbonyl (C=O) groups excluding carboxylic acids is 1. The summed E-state index contributed by atoms with van der Waals surface area (Å²) in [7, 11) is 1.17. The lowest BCUT2D eigenvalue weighted by molar-refractivity contribution is -0.142. The molecule has 2 fully saturated rings. The third-order valence-electron chi connectivity index (χ3n) is 8.26. The van der Waals surface area contributed by atoms with E-state index in [2.05, 4.69) is 25.2 Å². The number of thiazole rings is 1. The minimum Gasteiger partial charge on any atom is -0.496 e. The van der Waals surface area contributed by atoms with Crippen molar-refractivity contribution in [1.29, 1.82) is 0 Å². The highest BCUT2D eigenvalue weighted by Crippen LogP contribution is 2.41. The van der Waals surface area contributed by atoms with E-state index in [0.717, 1.165) is 30.2 Å². The standard InChI is InChI=1S/C30H35F3N6O5S/c1-29(2,43)23-5-4-10-39(23)16-22-25(18-6-7-21(44-3)19(13-18)30(31,32)33)36-28(45-22)37-26(40)20-14-35-24(15-34-20)38-11-8-17(9-12-38)27(41)42/h6-7,13-15,17,23,43H,4-5,8-12,16H2,1-3H3,(H,41,42)(H,36,37,40)/t23-/m0/s1. The van der Waals surface area contributed by atoms with Crippen LogP contribution in [0.25, 0.3) is 11.3 Å². The van der Waals surface area contributed by atoms with Crippen molar-refractivity contribution < 1.29 is 37.7 Å². The number of carboxylic acid groups (broad SMARTS) is 1. The van der Waals surface area contributed by atoms with E-state index in [1.54, 1.807) is 13.8 Å². The quantitative estimate of drug-likeness (QED) is 0.293. The van der Waals surface area contributed by atoms with Gasteiger partial charge in [0.25, 0.3) is 5.91 Å². The van der Waals surface area contributed by atoms with Crippen LogP contribution in [0, 0.1) is 5.92 Å². The Hall–Kier alpha value is -3.82. The van der Waals surface area contributed by atoms with E-state index in [4.69, 9.17) is 4.74 Å². The fourth-order valence-corrected chi connectivity index (χ4v) is 6.94. The molecule has 0 unspecified atom stereocenters. The van der Waals surface area contributed by atoms with Gasteiger partial charge in [0.15, 0.2) is 5.13 Å². The largest absolute Gasteiger partial charge is 0.496 e. The number of rotatable bonds is 9. The maximum Gasteiger partial charge on any atom is 0.419 e. The molecule has 0 spiro atoms. The fourth-order valence-electron chi connectivity index (χ4n) is 5.93. The number of piperidine rings is 1. The average molecular weight is 649 g/mol. The molecular weight excluding hydrogens is 613 g/mol. The summed E-state index contributed by atoms with van der Waals surface area (Å²) in [4.78, 5) is 42.1. The molecule has 1 aromatic carbocycles. The van der Waals surface area contributed by atoms with E-state index in [9.17, 15) is 33.0 Å². The van der Waals surface area contributed by atoms with E-state index in [1.165, 1.54) is 31.6 Å². The Morgan fingerprint density at radius 2 is 1.84 bits per heavy atom. The van der Waals surface area contributed by atoms with Crippen LogP contribution in [0.15, 0.2) is 30.6 Å². The van der Waals surface area contributed by atoms with Crippen molar-refractivity contribution in [3.05, 3.63) is 46.7 Å². The summed E-state index contributed by atoms with van der Waals surface area (Å²) in [6.07, 6.45) is 0.719. The first-order chi connectivity index (χ1) is 21.2. The van der Waals surface area contributed by atoms with Crippen LogP contribution >= 0.6 is 11.3 Å². The van der Waals surface area contributed by atoms with Crippen molar-refractivity contribution in [1.82, 2.24) is 19.9 Å². The van der Waals surface area contributed by atoms with Gasteiger partial charge in [-0.1, -0.05) is 11.3 Å². The molecule has 11 nitrogen and oxygen atoms in total. The highest BCUT2D eigenvalue weighted by Gasteiger charge is 2.38. The molecule has 0 radical (unpaired) electrons. The van der Waals surface area contributed by atoms with Crippen molar-refractivity contribution >= 4 is 34.2 Å². The Morgan fingerprint density at radius 3 is 2.44 bits per heavy atom. The zero-order chi connectivity index (χ0) is 32.5. The molecule has 15 heteroatoms. The Bertz CT molecular complexity index is 1530. The van der Waals surface area contributed by atoms with Gasteiger partial charge in [-0.25, -0.2) is 15.0 Å². The molecule has 4 heterocycles. The number of nitrogens with zero attached hydrogens (tertiary/aromatic N) is 5. The number of hydrogen-bond acceptors (Lipinski definition) is 10. The number of carbonyl (C=O) groups is 2. The monoisotopic (exact) mass is 648 g/mol. The predicted octanol–water partition coefficient (Wildman–Crippen LogP) is 4.92. The van der Waals surface area contributed by atoms with Crippen molar-refractivity contribution in [2.75, 3.05) is 37.0 Å². The third-order valence-corrected chi connectivity index (χ3v) is 9.22. The van der Waals surface area contributed by atoms with E-state index in [-0.39, 0.29) is 33.9 Å². The summed E-state index contributed by atoms with van der Waals surface area (Å²) in [6.45, 7) is 5.50. The molecule has 3 aromatic rings. The second kappa shape index (κ2) is 12.9. The minimum absolute atomic E-state index is 0.0166. The first-order valence-corrected chi connectivity index (χ1v) is 15.4. The highest BCUT2D eigenvalue weighted by molar-refractivity contribution is 7.16. The lowest BCUT2D eigenvalue weighted by Gasteiger charge is -2.33. The molecule has 0 bridgehead atoms. The molecular formula is C30H35F3N6O5S. The molecule has 2 aromatic heterocycles. The van der Waals surface area contributed by atoms with E-state index < -0.39 is 35.1 Å². The van der Waals surface area contributed by atoms with Gasteiger partial charge in [0.2, 0.25) is 0 Å². The van der Waals surface area contributed by atoms with Crippen molar-refractivity contribution in [2.45, 2.75) is 63.9 Å². The van der Waals surface area contributed by atoms with Crippen LogP contribution in [-0.4, -0.2) is 80.3 Å². The van der Waals surface area contributed by atoms with Crippen LogP contribution in [0.5, 0.6) is 5.75 Å². The number of benzene rings is 1. The topological polar surface area (TPSA) is 141 Å². The Labute approximate surface area is 262 Å². The Balaban J connectivity index is 1.40. The minimum atomic E-state index is -4.66. The maximum absolute atomic E-state index is 13.9. The molecule has 1 atom stereocenters. The molecule has 3 N–H and O–H groups in total. The molecule has 242 valence electrons. The number of halogens is 3. The summed E-state index contributed by atoms with van der Waals surface area (Å²) in [5.41, 5.74) is -1.41. The Morgan fingerprint density at radius 1 is 1.11 bits per heavy atom. The molecule has 2 saturated heterocycles. The lowest BCUT2D eigenvalue weighted by Crippen LogP contribution is -2.45. The summed E-state index contributed by atoms with van der Waals surface area (Å²) in [5, 5.41) is 22.8. The van der Waals surface area contributed by atoms with E-state index in [0.29, 0.717) is 49.7 Å². The first kappa shape index (κ1) is 32.6. The SMILES string of the molecule is COc1ccc(-c2nc(NC(=O)c3cnc(N4CCC(C(=O)O)CC4)cn3)sc2CN2CCC[C@H]2C(C)(C)O)cc1C(F)(F)F. The van der Waals surface area contributed by atoms with Crippen LogP contribution < -0.4 is 15.0 Å². The van der Waals surface area contributed by atoms with Gasteiger partial charge in [-0.05, 0) is 64.3 Å². The number of aliphatic hydroxyl groups is 1. The second-order valence-electron chi connectivity index (χ2n) is 11.8. The number of anilines is 2. The summed E-state index contributed by atoms with van der Waals surface area (Å²) >= 11 is 1.15. The van der Waals surface area contributed by atoms with E-state index in [1.807, 2.05) is 4.90 Å². The molecule has 45 heavy (non-hydrogen) atoms. The zero-order valence-electron chi connectivity index (χ0n) is 25.1. The number of ether oxygens (including phenoxy) is 1. The maximum atomic E-state index is 13.9. The molecule has 1 amide bonds. The number of carboxylic acids is 1. The fraction of sp³-hybridized carbons (Fsp3) is 0.500. The van der Waals surface area contributed by atoms with Gasteiger partial charge >= 0.3 is 12.1 Å². The predicted molar refractivity (Wildman–Crippen MR) is 161 cm³/mol. The van der Waals surface area contributed by atoms with Crippen LogP contribution in [-0.2, 0) is 17.5 Å². The highest BCUT2D eigenvalue weighted by atomic mass is 32.1. The van der Waals surface area contributed by atoms with Gasteiger partial charge in [-0.3, -0.25) is 19.8 Å². The average Bonchev–Trinajstić information content (AvgIpc) is 3.63. The number of likely N-dealkylation sites (tertiary alicyclic amines) is 1. The van der Waals surface area contributed by atoms with Gasteiger partial charge in [0.1, 0.15) is 17.3 Å². The third kappa shape index (κ3) is 7.36. The van der Waals surface area contributed by atoms with Crippen molar-refractivity contribution in [2.24, 2.45) is 5.92 Å². The van der Waals surface area contributed by atoms with E-state index >= 15 is 0 Å². The van der Waals surface area contributed by atoms with Crippen LogP contribution in [0.3, 0.4) is 0 Å². The van der Waals surface area contributed by atoms with Gasteiger partial charge in [0.05, 0.1) is 42.3 Å². The molecule has 2 aliphatic rings. The second-order valence-corrected chi connectivity index (χ2v) is 12.9. The van der Waals surface area contributed by atoms with Crippen molar-refractivity contribution in [3.8, 4) is 17.0 Å². The smallest absolute Gasteiger partial charge is 0.419 e. The molecule has 0 saturated carbocycles. The molecule has 0 aliphatic carbocycles. The Kier molecular flexibility index (Phi) is 9.33. The van der Waals surface area contributed by atoms with Gasteiger partial charge in [-0.15, -0.1) is 0 Å². The number of hydrogen-bond donors (Lipinski definition) is 3. The summed E-state index contributed by atoms with van der Waals surface area (Å²) in [6, 6.07) is 3.58. The number of nitrogens with one attached hydrogen (secondary N) is 1. The number of aromatic nitrogens is 3. The number of alkyl halides is 3. The number of methoxy groups -OCH3 is 1. The first-order valence-electron chi connectivity index (χ1n) is 14.6. The van der Waals surface area contributed by atoms with Crippen molar-refractivity contribution in [3.63, 3.8) is 0 Å². The zero-order valence-corrected chi connectivity index (χ0v) is 25.9. The normalized spacial score (nSPS) is 18.3.